The number of cyclic esters (lactones) is 1. The minimum absolute atomic E-state index is 0.0767. The van der Waals surface area contributed by atoms with E-state index in [9.17, 15) is 19.5 Å². The zero-order valence-corrected chi connectivity index (χ0v) is 33.5. The van der Waals surface area contributed by atoms with Crippen molar-refractivity contribution in [2.45, 2.75) is 110 Å². The highest BCUT2D eigenvalue weighted by molar-refractivity contribution is 14.1. The lowest BCUT2D eigenvalue weighted by Crippen LogP contribution is -2.42. The second kappa shape index (κ2) is 14.6. The summed E-state index contributed by atoms with van der Waals surface area (Å²) in [5.41, 5.74) is 0.781. The molecule has 0 radical (unpaired) electrons. The maximum absolute atomic E-state index is 14.4. The number of halogens is 1. The minimum Gasteiger partial charge on any atom is -0.508 e. The summed E-state index contributed by atoms with van der Waals surface area (Å²) in [6, 6.07) is 19.9. The van der Waals surface area contributed by atoms with Crippen molar-refractivity contribution in [2.24, 2.45) is 35.0 Å². The maximum Gasteiger partial charge on any atom is 0.349 e. The van der Waals surface area contributed by atoms with Gasteiger partial charge in [0.25, 0.3) is 5.79 Å². The summed E-state index contributed by atoms with van der Waals surface area (Å²) in [7, 11) is 0. The highest BCUT2D eigenvalue weighted by Gasteiger charge is 2.56. The van der Waals surface area contributed by atoms with Gasteiger partial charge in [0.15, 0.2) is 0 Å². The Morgan fingerprint density at radius 3 is 2.38 bits per heavy atom. The summed E-state index contributed by atoms with van der Waals surface area (Å²) in [6.45, 7) is 10.3. The van der Waals surface area contributed by atoms with Crippen LogP contribution >= 0.6 is 22.6 Å². The molecule has 53 heavy (non-hydrogen) atoms. The Labute approximate surface area is 326 Å². The molecule has 8 nitrogen and oxygen atoms in total. The molecule has 8 unspecified atom stereocenters. The van der Waals surface area contributed by atoms with Crippen LogP contribution in [0.2, 0.25) is 0 Å². The van der Waals surface area contributed by atoms with Crippen LogP contribution in [0.15, 0.2) is 66.7 Å². The SMILES string of the molecule is CCC1(OC(=O)C(C)(CC(C)c2ccc(O)cc2)CC2C3CC(C(=O)Oc4cccc5c4C(=O)OC(C)(c4ccc(I)cc4)O5)C(C3)C2C)CCCC1. The van der Waals surface area contributed by atoms with Gasteiger partial charge in [-0.3, -0.25) is 9.59 Å². The number of rotatable bonds is 11. The molecule has 7 rings (SSSR count). The molecule has 1 aliphatic heterocycles. The molecule has 3 aliphatic carbocycles. The molecule has 282 valence electrons. The Morgan fingerprint density at radius 1 is 1.02 bits per heavy atom. The number of carbonyl (C=O) groups is 3. The zero-order valence-electron chi connectivity index (χ0n) is 31.4. The third-order valence-electron chi connectivity index (χ3n) is 13.1. The molecule has 9 heteroatoms. The second-order valence-electron chi connectivity index (χ2n) is 16.6. The molecule has 1 N–H and O–H groups in total. The van der Waals surface area contributed by atoms with Gasteiger partial charge in [-0.1, -0.05) is 51.1 Å². The van der Waals surface area contributed by atoms with E-state index >= 15 is 0 Å². The minimum atomic E-state index is -1.32. The second-order valence-corrected chi connectivity index (χ2v) is 17.9. The lowest BCUT2D eigenvalue weighted by molar-refractivity contribution is -0.174. The van der Waals surface area contributed by atoms with Crippen molar-refractivity contribution in [1.29, 1.82) is 0 Å². The fourth-order valence-corrected chi connectivity index (χ4v) is 10.4. The quantitative estimate of drug-likeness (QED) is 0.116. The third kappa shape index (κ3) is 7.31. The number of fused-ring (bicyclic) bond motifs is 3. The van der Waals surface area contributed by atoms with E-state index in [1.807, 2.05) is 36.4 Å². The smallest absolute Gasteiger partial charge is 0.349 e. The van der Waals surface area contributed by atoms with E-state index in [0.29, 0.717) is 30.6 Å². The van der Waals surface area contributed by atoms with Crippen LogP contribution in [0.4, 0.5) is 0 Å². The molecule has 0 aromatic heterocycles. The first-order chi connectivity index (χ1) is 25.2. The zero-order chi connectivity index (χ0) is 37.7. The molecule has 0 saturated heterocycles. The number of benzene rings is 3. The molecule has 3 aromatic rings. The Balaban J connectivity index is 1.06. The van der Waals surface area contributed by atoms with Crippen LogP contribution in [-0.4, -0.2) is 28.6 Å². The topological polar surface area (TPSA) is 108 Å². The number of phenols is 1. The van der Waals surface area contributed by atoms with E-state index in [1.165, 1.54) is 0 Å². The number of phenolic OH excluding ortho intramolecular Hbond substituents is 1. The molecule has 3 fully saturated rings. The lowest BCUT2D eigenvalue weighted by Gasteiger charge is -2.41. The van der Waals surface area contributed by atoms with Crippen LogP contribution in [0.5, 0.6) is 17.2 Å². The van der Waals surface area contributed by atoms with Crippen molar-refractivity contribution in [3.63, 3.8) is 0 Å². The molecule has 3 aromatic carbocycles. The first-order valence-electron chi connectivity index (χ1n) is 19.3. The van der Waals surface area contributed by atoms with Crippen LogP contribution in [-0.2, 0) is 24.8 Å². The molecular weight excluding hydrogens is 783 g/mol. The van der Waals surface area contributed by atoms with Gasteiger partial charge < -0.3 is 24.1 Å². The molecule has 4 aliphatic rings. The van der Waals surface area contributed by atoms with Gasteiger partial charge >= 0.3 is 17.9 Å². The summed E-state index contributed by atoms with van der Waals surface area (Å²) in [5, 5.41) is 9.89. The van der Waals surface area contributed by atoms with E-state index in [1.54, 1.807) is 37.3 Å². The van der Waals surface area contributed by atoms with E-state index < -0.39 is 17.2 Å². The standard InChI is InChI=1S/C44H51IO8/c1-6-44(20-7-8-21-44)53-41(49)42(4,24-26(2)28-12-18-32(46)19-13-28)25-35-27(3)33-22-29(35)23-34(33)39(47)50-36-10-9-11-37-38(36)40(48)52-43(5,51-37)30-14-16-31(45)17-15-30/h9-19,26-27,29,33-35,46H,6-8,20-25H2,1-5H3. The van der Waals surface area contributed by atoms with Crippen molar-refractivity contribution in [3.8, 4) is 17.2 Å². The number of hydrogen-bond acceptors (Lipinski definition) is 8. The Kier molecular flexibility index (Phi) is 10.4. The Bertz CT molecular complexity index is 1850. The fraction of sp³-hybridized carbons (Fsp3) is 0.523. The fourth-order valence-electron chi connectivity index (χ4n) is 10.0. The lowest BCUT2D eigenvalue weighted by atomic mass is 9.66. The van der Waals surface area contributed by atoms with Gasteiger partial charge in [-0.05, 0) is 159 Å². The van der Waals surface area contributed by atoms with Gasteiger partial charge in [-0.15, -0.1) is 0 Å². The molecule has 0 amide bonds. The van der Waals surface area contributed by atoms with Crippen molar-refractivity contribution in [2.75, 3.05) is 0 Å². The van der Waals surface area contributed by atoms with Crippen molar-refractivity contribution >= 4 is 40.5 Å². The molecular formula is C44H51IO8. The largest absolute Gasteiger partial charge is 0.508 e. The predicted octanol–water partition coefficient (Wildman–Crippen LogP) is 10.1. The highest BCUT2D eigenvalue weighted by Crippen LogP contribution is 2.59. The summed E-state index contributed by atoms with van der Waals surface area (Å²) < 4.78 is 25.7. The normalized spacial score (nSPS) is 28.6. The van der Waals surface area contributed by atoms with Gasteiger partial charge in [0, 0.05) is 16.1 Å². The van der Waals surface area contributed by atoms with Gasteiger partial charge in [0.05, 0.1) is 11.3 Å². The monoisotopic (exact) mass is 834 g/mol. The summed E-state index contributed by atoms with van der Waals surface area (Å²) in [5.74, 6) is -1.11. The summed E-state index contributed by atoms with van der Waals surface area (Å²) in [4.78, 5) is 41.7. The van der Waals surface area contributed by atoms with Crippen LogP contribution in [0.25, 0.3) is 0 Å². The summed E-state index contributed by atoms with van der Waals surface area (Å²) >= 11 is 2.22. The third-order valence-corrected chi connectivity index (χ3v) is 13.9. The molecule has 1 heterocycles. The van der Waals surface area contributed by atoms with E-state index in [4.69, 9.17) is 18.9 Å². The first kappa shape index (κ1) is 37.7. The van der Waals surface area contributed by atoms with Crippen molar-refractivity contribution < 1.29 is 38.4 Å². The van der Waals surface area contributed by atoms with Crippen molar-refractivity contribution in [1.82, 2.24) is 0 Å². The van der Waals surface area contributed by atoms with Crippen LogP contribution < -0.4 is 9.47 Å². The Morgan fingerprint density at radius 2 is 1.72 bits per heavy atom. The number of carbonyl (C=O) groups excluding carboxylic acids is 3. The highest BCUT2D eigenvalue weighted by atomic mass is 127. The van der Waals surface area contributed by atoms with Crippen LogP contribution in [0.1, 0.15) is 120 Å². The van der Waals surface area contributed by atoms with Gasteiger partial charge in [-0.25, -0.2) is 4.79 Å². The van der Waals surface area contributed by atoms with Crippen LogP contribution in [0.3, 0.4) is 0 Å². The number of ether oxygens (including phenoxy) is 4. The predicted molar refractivity (Wildman–Crippen MR) is 208 cm³/mol. The average molecular weight is 835 g/mol. The van der Waals surface area contributed by atoms with Crippen molar-refractivity contribution in [3.05, 3.63) is 87.0 Å². The first-order valence-corrected chi connectivity index (χ1v) is 20.4. The van der Waals surface area contributed by atoms with Gasteiger partial charge in [0.2, 0.25) is 0 Å². The molecule has 8 atom stereocenters. The average Bonchev–Trinajstić information content (AvgIpc) is 3.85. The number of esters is 3. The van der Waals surface area contributed by atoms with E-state index in [-0.39, 0.29) is 70.1 Å². The molecule has 0 spiro atoms. The van der Waals surface area contributed by atoms with Gasteiger partial charge in [0.1, 0.15) is 28.4 Å². The molecule has 2 bridgehead atoms. The van der Waals surface area contributed by atoms with Crippen LogP contribution in [0, 0.1) is 38.6 Å². The molecule has 3 saturated carbocycles. The van der Waals surface area contributed by atoms with Gasteiger partial charge in [-0.2, -0.15) is 0 Å². The Hall–Kier alpha value is -3.60. The van der Waals surface area contributed by atoms with E-state index in [2.05, 4.69) is 50.3 Å². The maximum atomic E-state index is 14.4. The number of hydrogen-bond donors (Lipinski definition) is 1. The van der Waals surface area contributed by atoms with E-state index in [0.717, 1.165) is 47.7 Å². The number of aromatic hydroxyl groups is 1. The summed E-state index contributed by atoms with van der Waals surface area (Å²) in [6.07, 6.45) is 7.68.